The average molecular weight is 503 g/mol. The highest BCUT2D eigenvalue weighted by Crippen LogP contribution is 2.33. The Morgan fingerprint density at radius 3 is 2.44 bits per heavy atom. The van der Waals surface area contributed by atoms with Crippen molar-refractivity contribution in [1.29, 1.82) is 5.26 Å². The molecule has 1 aliphatic carbocycles. The average Bonchev–Trinajstić information content (AvgIpc) is 3.36. The van der Waals surface area contributed by atoms with Crippen LogP contribution in [0.2, 0.25) is 0 Å². The summed E-state index contributed by atoms with van der Waals surface area (Å²) in [5, 5.41) is 12.1. The summed E-state index contributed by atoms with van der Waals surface area (Å²) in [5.74, 6) is 0.0957. The first-order valence-electron chi connectivity index (χ1n) is 11.8. The highest BCUT2D eigenvalue weighted by atomic mass is 19.3. The predicted molar refractivity (Wildman–Crippen MR) is 134 cm³/mol. The van der Waals surface area contributed by atoms with Crippen LogP contribution in [-0.2, 0) is 5.41 Å². The molecular weight excluding hydrogens is 469 g/mol. The number of fused-ring (bicyclic) bond motifs is 1. The van der Waals surface area contributed by atoms with E-state index in [2.05, 4.69) is 16.4 Å². The highest BCUT2D eigenvalue weighted by Gasteiger charge is 2.39. The molecule has 1 saturated carbocycles. The van der Waals surface area contributed by atoms with Crippen molar-refractivity contribution in [2.45, 2.75) is 72.0 Å². The van der Waals surface area contributed by atoms with Crippen molar-refractivity contribution < 1.29 is 22.7 Å². The molecule has 2 atom stereocenters. The van der Waals surface area contributed by atoms with Crippen LogP contribution in [0.15, 0.2) is 36.7 Å². The summed E-state index contributed by atoms with van der Waals surface area (Å²) < 4.78 is 41.3. The van der Waals surface area contributed by atoms with Crippen LogP contribution in [0.1, 0.15) is 62.5 Å². The fraction of sp³-hybridized carbons (Fsp3) is 0.444. The van der Waals surface area contributed by atoms with E-state index in [4.69, 9.17) is 4.74 Å². The molecule has 3 aromatic rings. The maximum atomic E-state index is 13.2. The Hall–Kier alpha value is -3.54. The summed E-state index contributed by atoms with van der Waals surface area (Å²) in [7, 11) is 1.51. The van der Waals surface area contributed by atoms with Crippen molar-refractivity contribution in [2.75, 3.05) is 7.11 Å². The lowest BCUT2D eigenvalue weighted by molar-refractivity contribution is 0.0943. The second kappa shape index (κ2) is 11.9. The number of nitrogens with one attached hydrogen (secondary N) is 1. The molecule has 1 amide bonds. The lowest BCUT2D eigenvalue weighted by Gasteiger charge is -2.16. The number of hydrogen-bond acceptors (Lipinski definition) is 4. The van der Waals surface area contributed by atoms with E-state index in [-0.39, 0.29) is 5.91 Å². The number of carbonyl (C=O) groups excluding carboxylic acids is 1. The first kappa shape index (κ1) is 28.7. The summed E-state index contributed by atoms with van der Waals surface area (Å²) >= 11 is 0. The van der Waals surface area contributed by atoms with E-state index in [1.807, 2.05) is 63.4 Å². The van der Waals surface area contributed by atoms with E-state index in [1.165, 1.54) is 7.11 Å². The van der Waals surface area contributed by atoms with E-state index < -0.39 is 24.1 Å². The molecule has 0 aliphatic heterocycles. The molecule has 1 N–H and O–H groups in total. The van der Waals surface area contributed by atoms with Crippen LogP contribution < -0.4 is 10.1 Å². The molecule has 1 fully saturated rings. The Balaban J connectivity index is 0.000000694. The summed E-state index contributed by atoms with van der Waals surface area (Å²) in [6.45, 7) is 10.4. The van der Waals surface area contributed by atoms with Gasteiger partial charge in [-0.3, -0.25) is 9.20 Å². The smallest absolute Gasteiger partial charge is 0.255 e. The molecule has 194 valence electrons. The number of aryl methyl sites for hydroxylation is 1. The Morgan fingerprint density at radius 2 is 1.92 bits per heavy atom. The third-order valence-electron chi connectivity index (χ3n) is 5.59. The molecular formula is C27H33F3N4O2. The molecule has 9 heteroatoms. The van der Waals surface area contributed by atoms with E-state index in [9.17, 15) is 23.2 Å². The number of imidazole rings is 1. The van der Waals surface area contributed by atoms with E-state index in [1.54, 1.807) is 12.3 Å². The van der Waals surface area contributed by atoms with Gasteiger partial charge in [0.25, 0.3) is 5.91 Å². The van der Waals surface area contributed by atoms with Crippen molar-refractivity contribution in [1.82, 2.24) is 14.7 Å². The number of nitriles is 1. The van der Waals surface area contributed by atoms with Crippen LogP contribution in [0, 0.1) is 18.3 Å². The topological polar surface area (TPSA) is 79.4 Å². The number of ether oxygens (including phenoxy) is 1. The fourth-order valence-electron chi connectivity index (χ4n) is 3.56. The van der Waals surface area contributed by atoms with Crippen LogP contribution in [0.25, 0.3) is 16.9 Å². The van der Waals surface area contributed by atoms with E-state index in [0.29, 0.717) is 17.7 Å². The fourth-order valence-corrected chi connectivity index (χ4v) is 3.56. The quantitative estimate of drug-likeness (QED) is 0.447. The minimum atomic E-state index is -2.17. The SMILES string of the molecule is CC.CC(F)F.COc1cc(-c2cnc3cc(C(C)(C)C#N)ccn23)cc(C)c1C(=O)NC1C[C@H]1F. The third kappa shape index (κ3) is 6.56. The molecule has 2 heterocycles. The number of nitrogens with zero attached hydrogens (tertiary/aromatic N) is 3. The number of alkyl halides is 3. The van der Waals surface area contributed by atoms with Gasteiger partial charge < -0.3 is 10.1 Å². The van der Waals surface area contributed by atoms with Crippen LogP contribution in [0.5, 0.6) is 5.75 Å². The van der Waals surface area contributed by atoms with Crippen LogP contribution in [0.3, 0.4) is 0 Å². The Labute approximate surface area is 210 Å². The highest BCUT2D eigenvalue weighted by molar-refractivity contribution is 5.99. The van der Waals surface area contributed by atoms with Gasteiger partial charge in [-0.25, -0.2) is 18.2 Å². The number of rotatable bonds is 5. The van der Waals surface area contributed by atoms with Gasteiger partial charge in [0, 0.05) is 18.2 Å². The van der Waals surface area contributed by atoms with Gasteiger partial charge in [0.05, 0.1) is 42.1 Å². The van der Waals surface area contributed by atoms with E-state index >= 15 is 0 Å². The zero-order valence-corrected chi connectivity index (χ0v) is 21.7. The minimum Gasteiger partial charge on any atom is -0.496 e. The van der Waals surface area contributed by atoms with Gasteiger partial charge in [-0.15, -0.1) is 0 Å². The van der Waals surface area contributed by atoms with Gasteiger partial charge in [0.2, 0.25) is 6.43 Å². The second-order valence-corrected chi connectivity index (χ2v) is 8.74. The number of aromatic nitrogens is 2. The second-order valence-electron chi connectivity index (χ2n) is 8.74. The Morgan fingerprint density at radius 1 is 1.31 bits per heavy atom. The summed E-state index contributed by atoms with van der Waals surface area (Å²) in [4.78, 5) is 17.1. The number of methoxy groups -OCH3 is 1. The molecule has 0 saturated heterocycles. The van der Waals surface area contributed by atoms with Crippen molar-refractivity contribution >= 4 is 11.6 Å². The molecule has 1 aliphatic rings. The van der Waals surface area contributed by atoms with Gasteiger partial charge in [-0.05, 0) is 63.1 Å². The number of amides is 1. The van der Waals surface area contributed by atoms with Crippen LogP contribution in [0.4, 0.5) is 13.2 Å². The summed E-state index contributed by atoms with van der Waals surface area (Å²) in [6.07, 6.45) is 0.874. The van der Waals surface area contributed by atoms with Crippen molar-refractivity contribution in [3.05, 3.63) is 53.3 Å². The Bertz CT molecular complexity index is 1250. The summed E-state index contributed by atoms with van der Waals surface area (Å²) in [5.41, 5.74) is 3.83. The summed E-state index contributed by atoms with van der Waals surface area (Å²) in [6, 6.07) is 9.40. The monoisotopic (exact) mass is 502 g/mol. The van der Waals surface area contributed by atoms with Crippen LogP contribution >= 0.6 is 0 Å². The Kier molecular flexibility index (Phi) is 9.51. The first-order valence-corrected chi connectivity index (χ1v) is 11.8. The normalized spacial score (nSPS) is 16.3. The van der Waals surface area contributed by atoms with Crippen molar-refractivity contribution in [3.63, 3.8) is 0 Å². The molecule has 1 unspecified atom stereocenters. The maximum absolute atomic E-state index is 13.2. The molecule has 0 bridgehead atoms. The number of halogens is 3. The molecule has 4 rings (SSSR count). The third-order valence-corrected chi connectivity index (χ3v) is 5.59. The van der Waals surface area contributed by atoms with Crippen LogP contribution in [-0.4, -0.2) is 41.0 Å². The molecule has 0 radical (unpaired) electrons. The molecule has 2 aromatic heterocycles. The molecule has 36 heavy (non-hydrogen) atoms. The van der Waals surface area contributed by atoms with Gasteiger partial charge in [0.1, 0.15) is 17.6 Å². The molecule has 0 spiro atoms. The van der Waals surface area contributed by atoms with Crippen molar-refractivity contribution in [2.24, 2.45) is 0 Å². The van der Waals surface area contributed by atoms with E-state index in [0.717, 1.165) is 35.0 Å². The minimum absolute atomic E-state index is 0.331. The lowest BCUT2D eigenvalue weighted by atomic mass is 9.87. The van der Waals surface area contributed by atoms with Gasteiger partial charge in [-0.2, -0.15) is 5.26 Å². The number of carbonyl (C=O) groups is 1. The maximum Gasteiger partial charge on any atom is 0.255 e. The lowest BCUT2D eigenvalue weighted by Crippen LogP contribution is -2.28. The van der Waals surface area contributed by atoms with Gasteiger partial charge >= 0.3 is 0 Å². The molecule has 1 aromatic carbocycles. The van der Waals surface area contributed by atoms with Crippen molar-refractivity contribution in [3.8, 4) is 23.1 Å². The largest absolute Gasteiger partial charge is 0.496 e. The standard InChI is InChI=1S/C23H23FN4O2.C2H4F2.C2H6/c1-13-7-14(8-19(30-4)21(13)22(29)27-17-10-16(17)24)18-11-26-20-9-15(5-6-28(18)20)23(2,3)12-25;1-2(3)4;1-2/h5-9,11,16-17H,10H2,1-4H3,(H,27,29);2H,1H3;1-2H3/t16-,17?;;/m1../s1. The number of pyridine rings is 1. The first-order chi connectivity index (χ1) is 17.0. The zero-order chi connectivity index (χ0) is 27.2. The zero-order valence-electron chi connectivity index (χ0n) is 21.7. The van der Waals surface area contributed by atoms with Gasteiger partial charge in [0.15, 0.2) is 0 Å². The predicted octanol–water partition coefficient (Wildman–Crippen LogP) is 6.26. The van der Waals surface area contributed by atoms with Gasteiger partial charge in [-0.1, -0.05) is 13.8 Å². The number of benzene rings is 1. The number of hydrogen-bond donors (Lipinski definition) is 1. The molecule has 6 nitrogen and oxygen atoms in total.